The highest BCUT2D eigenvalue weighted by Crippen LogP contribution is 2.22. The molecule has 0 saturated carbocycles. The second-order valence-corrected chi connectivity index (χ2v) is 5.81. The predicted molar refractivity (Wildman–Crippen MR) is 75.1 cm³/mol. The van der Waals surface area contributed by atoms with Crippen molar-refractivity contribution < 1.29 is 14.1 Å². The first kappa shape index (κ1) is 15.0. The minimum absolute atomic E-state index is 0.217. The van der Waals surface area contributed by atoms with Crippen molar-refractivity contribution in [1.82, 2.24) is 15.5 Å². The van der Waals surface area contributed by atoms with Crippen LogP contribution < -0.4 is 5.32 Å². The summed E-state index contributed by atoms with van der Waals surface area (Å²) in [4.78, 5) is 16.7. The lowest BCUT2D eigenvalue weighted by atomic mass is 10.3. The van der Waals surface area contributed by atoms with Gasteiger partial charge in [0.05, 0.1) is 15.8 Å². The highest BCUT2D eigenvalue weighted by atomic mass is 35.5. The zero-order chi connectivity index (χ0) is 14.5. The predicted octanol–water partition coefficient (Wildman–Crippen LogP) is 2.46. The van der Waals surface area contributed by atoms with Gasteiger partial charge in [0, 0.05) is 13.5 Å². The zero-order valence-electron chi connectivity index (χ0n) is 11.1. The van der Waals surface area contributed by atoms with Crippen molar-refractivity contribution in [2.24, 2.45) is 0 Å². The first-order valence-electron chi connectivity index (χ1n) is 5.97. The highest BCUT2D eigenvalue weighted by molar-refractivity contribution is 7.17. The van der Waals surface area contributed by atoms with Gasteiger partial charge < -0.3 is 14.6 Å². The van der Waals surface area contributed by atoms with Crippen LogP contribution in [0.25, 0.3) is 0 Å². The lowest BCUT2D eigenvalue weighted by Crippen LogP contribution is -2.26. The lowest BCUT2D eigenvalue weighted by molar-refractivity contribution is 0.0936. The monoisotopic (exact) mass is 315 g/mol. The Morgan fingerprint density at radius 3 is 3.05 bits per heavy atom. The quantitative estimate of drug-likeness (QED) is 0.886. The topological polar surface area (TPSA) is 77.3 Å². The molecule has 8 heteroatoms. The van der Waals surface area contributed by atoms with Gasteiger partial charge in [0.15, 0.2) is 5.82 Å². The fourth-order valence-corrected chi connectivity index (χ4v) is 2.45. The van der Waals surface area contributed by atoms with E-state index in [1.54, 1.807) is 26.2 Å². The summed E-state index contributed by atoms with van der Waals surface area (Å²) in [5, 5.41) is 6.60. The van der Waals surface area contributed by atoms with Crippen LogP contribution in [0.3, 0.4) is 0 Å². The van der Waals surface area contributed by atoms with Crippen LogP contribution in [0.1, 0.15) is 34.4 Å². The van der Waals surface area contributed by atoms with E-state index in [1.165, 1.54) is 11.3 Å². The minimum Gasteiger partial charge on any atom is -0.384 e. The second-order valence-electron chi connectivity index (χ2n) is 4.09. The summed E-state index contributed by atoms with van der Waals surface area (Å²) < 4.78 is 10.6. The summed E-state index contributed by atoms with van der Waals surface area (Å²) in [6, 6.07) is 2.99. The fraction of sp³-hybridized carbons (Fsp3) is 0.417. The molecule has 2 aromatic rings. The molecular weight excluding hydrogens is 302 g/mol. The van der Waals surface area contributed by atoms with Gasteiger partial charge in [0.25, 0.3) is 5.91 Å². The molecule has 2 rings (SSSR count). The summed E-state index contributed by atoms with van der Waals surface area (Å²) in [7, 11) is 1.61. The number of ether oxygens (including phenoxy) is 1. The van der Waals surface area contributed by atoms with Gasteiger partial charge in [-0.2, -0.15) is 4.98 Å². The van der Waals surface area contributed by atoms with Crippen molar-refractivity contribution in [2.45, 2.75) is 19.4 Å². The molecule has 0 bridgehead atoms. The average Bonchev–Trinajstić information content (AvgIpc) is 3.05. The molecule has 0 radical (unpaired) electrons. The van der Waals surface area contributed by atoms with Crippen molar-refractivity contribution in [3.63, 3.8) is 0 Å². The van der Waals surface area contributed by atoms with Gasteiger partial charge in [-0.05, 0) is 19.1 Å². The summed E-state index contributed by atoms with van der Waals surface area (Å²) in [6.45, 7) is 2.30. The van der Waals surface area contributed by atoms with Crippen LogP contribution in [0.5, 0.6) is 0 Å². The first-order valence-corrected chi connectivity index (χ1v) is 7.17. The number of hydrogen-bond donors (Lipinski definition) is 1. The number of nitrogens with zero attached hydrogens (tertiary/aromatic N) is 2. The number of amides is 1. The number of carbonyl (C=O) groups is 1. The fourth-order valence-electron chi connectivity index (χ4n) is 1.50. The van der Waals surface area contributed by atoms with Crippen molar-refractivity contribution in [3.8, 4) is 0 Å². The summed E-state index contributed by atoms with van der Waals surface area (Å²) in [5.74, 6) is 0.709. The second kappa shape index (κ2) is 6.83. The molecule has 0 fully saturated rings. The molecule has 0 aromatic carbocycles. The molecule has 2 aromatic heterocycles. The van der Waals surface area contributed by atoms with Crippen LogP contribution in [0.4, 0.5) is 0 Å². The van der Waals surface area contributed by atoms with E-state index >= 15 is 0 Å². The van der Waals surface area contributed by atoms with E-state index in [0.717, 1.165) is 0 Å². The Bertz CT molecular complexity index is 584. The van der Waals surface area contributed by atoms with Crippen molar-refractivity contribution in [2.75, 3.05) is 13.7 Å². The molecule has 0 aliphatic carbocycles. The van der Waals surface area contributed by atoms with Crippen LogP contribution in [-0.2, 0) is 11.2 Å². The molecule has 0 saturated heterocycles. The van der Waals surface area contributed by atoms with Crippen LogP contribution in [-0.4, -0.2) is 29.8 Å². The van der Waals surface area contributed by atoms with E-state index in [4.69, 9.17) is 20.9 Å². The van der Waals surface area contributed by atoms with E-state index in [1.807, 2.05) is 0 Å². The van der Waals surface area contributed by atoms with Crippen LogP contribution >= 0.6 is 22.9 Å². The molecule has 1 amide bonds. The van der Waals surface area contributed by atoms with Gasteiger partial charge in [-0.15, -0.1) is 11.3 Å². The number of aromatic nitrogens is 2. The van der Waals surface area contributed by atoms with E-state index in [0.29, 0.717) is 34.0 Å². The molecule has 6 nitrogen and oxygen atoms in total. The zero-order valence-corrected chi connectivity index (χ0v) is 12.6. The molecule has 0 spiro atoms. The van der Waals surface area contributed by atoms with Gasteiger partial charge in [0.1, 0.15) is 6.04 Å². The third kappa shape index (κ3) is 3.78. The van der Waals surface area contributed by atoms with Crippen molar-refractivity contribution in [1.29, 1.82) is 0 Å². The number of nitrogens with one attached hydrogen (secondary N) is 1. The van der Waals surface area contributed by atoms with E-state index in [9.17, 15) is 4.79 Å². The number of thiophene rings is 1. The Morgan fingerprint density at radius 1 is 1.60 bits per heavy atom. The molecule has 108 valence electrons. The third-order valence-electron chi connectivity index (χ3n) is 2.53. The van der Waals surface area contributed by atoms with Crippen LogP contribution in [0.15, 0.2) is 16.7 Å². The Balaban J connectivity index is 1.95. The van der Waals surface area contributed by atoms with E-state index < -0.39 is 0 Å². The maximum atomic E-state index is 12.0. The third-order valence-corrected chi connectivity index (χ3v) is 3.76. The highest BCUT2D eigenvalue weighted by Gasteiger charge is 2.18. The van der Waals surface area contributed by atoms with Crippen LogP contribution in [0, 0.1) is 0 Å². The Morgan fingerprint density at radius 2 is 2.40 bits per heavy atom. The van der Waals surface area contributed by atoms with Gasteiger partial charge in [0.2, 0.25) is 5.89 Å². The number of carbonyl (C=O) groups excluding carboxylic acids is 1. The SMILES string of the molecule is COCCc1noc([C@@H](C)NC(=O)c2ccc(Cl)s2)n1. The maximum absolute atomic E-state index is 12.0. The molecule has 2 heterocycles. The number of hydrogen-bond acceptors (Lipinski definition) is 6. The largest absolute Gasteiger partial charge is 0.384 e. The lowest BCUT2D eigenvalue weighted by Gasteiger charge is -2.07. The normalized spacial score (nSPS) is 12.3. The maximum Gasteiger partial charge on any atom is 0.262 e. The summed E-state index contributed by atoms with van der Waals surface area (Å²) in [6.07, 6.45) is 0.571. The molecule has 1 atom stereocenters. The number of rotatable bonds is 6. The van der Waals surface area contributed by atoms with Gasteiger partial charge in [-0.25, -0.2) is 0 Å². The van der Waals surface area contributed by atoms with Gasteiger partial charge >= 0.3 is 0 Å². The molecule has 0 aliphatic rings. The molecule has 1 N–H and O–H groups in total. The number of methoxy groups -OCH3 is 1. The Labute approximate surface area is 125 Å². The van der Waals surface area contributed by atoms with Crippen molar-refractivity contribution in [3.05, 3.63) is 33.1 Å². The summed E-state index contributed by atoms with van der Waals surface area (Å²) >= 11 is 7.02. The Kier molecular flexibility index (Phi) is 5.11. The average molecular weight is 316 g/mol. The molecular formula is C12H14ClN3O3S. The molecule has 0 aliphatic heterocycles. The van der Waals surface area contributed by atoms with Gasteiger partial charge in [-0.1, -0.05) is 16.8 Å². The number of halogens is 1. The van der Waals surface area contributed by atoms with Crippen molar-refractivity contribution >= 4 is 28.8 Å². The minimum atomic E-state index is -0.368. The Hall–Kier alpha value is -1.44. The van der Waals surface area contributed by atoms with Crippen LogP contribution in [0.2, 0.25) is 4.34 Å². The van der Waals surface area contributed by atoms with E-state index in [2.05, 4.69) is 15.5 Å². The van der Waals surface area contributed by atoms with E-state index in [-0.39, 0.29) is 11.9 Å². The molecule has 20 heavy (non-hydrogen) atoms. The summed E-state index contributed by atoms with van der Waals surface area (Å²) in [5.41, 5.74) is 0. The van der Waals surface area contributed by atoms with Gasteiger partial charge in [-0.3, -0.25) is 4.79 Å². The first-order chi connectivity index (χ1) is 9.60. The smallest absolute Gasteiger partial charge is 0.262 e. The standard InChI is InChI=1S/C12H14ClN3O3S/c1-7(12-15-10(16-19-12)5-6-18-2)14-11(17)8-3-4-9(13)20-8/h3-4,7H,5-6H2,1-2H3,(H,14,17)/t7-/m1/s1. The molecule has 0 unspecified atom stereocenters.